The van der Waals surface area contributed by atoms with Gasteiger partial charge in [-0.25, -0.2) is 0 Å². The number of rotatable bonds is 4. The molecule has 130 valence electrons. The number of hydrogen-bond donors (Lipinski definition) is 0. The Bertz CT molecular complexity index is 998. The molecule has 0 N–H and O–H groups in total. The largest absolute Gasteiger partial charge is 0.314 e. The summed E-state index contributed by atoms with van der Waals surface area (Å²) >= 11 is 0. The van der Waals surface area contributed by atoms with E-state index in [4.69, 9.17) is 0 Å². The molecule has 1 aliphatic rings. The summed E-state index contributed by atoms with van der Waals surface area (Å²) in [6, 6.07) is 16.5. The van der Waals surface area contributed by atoms with E-state index in [-0.39, 0.29) is 24.1 Å². The third-order valence-electron chi connectivity index (χ3n) is 4.79. The average Bonchev–Trinajstić information content (AvgIpc) is 3.21. The van der Waals surface area contributed by atoms with Crippen LogP contribution in [0.5, 0.6) is 0 Å². The van der Waals surface area contributed by atoms with E-state index < -0.39 is 5.41 Å². The lowest BCUT2D eigenvalue weighted by Gasteiger charge is -2.21. The number of anilines is 1. The zero-order chi connectivity index (χ0) is 18.3. The van der Waals surface area contributed by atoms with E-state index in [9.17, 15) is 9.59 Å². The van der Waals surface area contributed by atoms with Crippen LogP contribution in [0.15, 0.2) is 54.6 Å². The van der Waals surface area contributed by atoms with E-state index in [0.717, 1.165) is 11.3 Å². The van der Waals surface area contributed by atoms with Crippen molar-refractivity contribution in [2.75, 3.05) is 11.9 Å². The number of aromatic nitrogens is 4. The number of ketones is 1. The SMILES string of the molecule is CN1C(=O)C(C)(Cn2nnc(C(=O)c3ccccc3)n2)c2ccccc21. The summed E-state index contributed by atoms with van der Waals surface area (Å²) in [6.45, 7) is 2.07. The first-order valence-corrected chi connectivity index (χ1v) is 8.26. The Kier molecular flexibility index (Phi) is 3.64. The van der Waals surface area contributed by atoms with Crippen LogP contribution >= 0.6 is 0 Å². The molecule has 0 saturated heterocycles. The van der Waals surface area contributed by atoms with Crippen molar-refractivity contribution in [2.45, 2.75) is 18.9 Å². The molecule has 4 rings (SSSR count). The smallest absolute Gasteiger partial charge is 0.245 e. The van der Waals surface area contributed by atoms with E-state index >= 15 is 0 Å². The van der Waals surface area contributed by atoms with Gasteiger partial charge in [0.2, 0.25) is 17.5 Å². The highest BCUT2D eigenvalue weighted by molar-refractivity contribution is 6.07. The molecule has 1 amide bonds. The molecule has 1 atom stereocenters. The molecule has 2 heterocycles. The lowest BCUT2D eigenvalue weighted by Crippen LogP contribution is -2.40. The summed E-state index contributed by atoms with van der Waals surface area (Å²) in [5.74, 6) is -0.309. The minimum absolute atomic E-state index is 0.0203. The number of carbonyl (C=O) groups is 2. The Hall–Kier alpha value is -3.35. The van der Waals surface area contributed by atoms with Gasteiger partial charge in [0.05, 0.1) is 12.0 Å². The number of fused-ring (bicyclic) bond motifs is 1. The van der Waals surface area contributed by atoms with Crippen molar-refractivity contribution >= 4 is 17.4 Å². The minimum atomic E-state index is -0.806. The monoisotopic (exact) mass is 347 g/mol. The van der Waals surface area contributed by atoms with Gasteiger partial charge in [0.15, 0.2) is 0 Å². The highest BCUT2D eigenvalue weighted by Crippen LogP contribution is 2.41. The van der Waals surface area contributed by atoms with E-state index in [1.807, 2.05) is 37.3 Å². The molecule has 7 nitrogen and oxygen atoms in total. The van der Waals surface area contributed by atoms with Crippen LogP contribution in [0.3, 0.4) is 0 Å². The van der Waals surface area contributed by atoms with Gasteiger partial charge in [0.25, 0.3) is 0 Å². The summed E-state index contributed by atoms with van der Waals surface area (Å²) in [7, 11) is 1.76. The van der Waals surface area contributed by atoms with Gasteiger partial charge >= 0.3 is 0 Å². The number of likely N-dealkylation sites (N-methyl/N-ethyl adjacent to an activating group) is 1. The lowest BCUT2D eigenvalue weighted by atomic mass is 9.84. The molecular formula is C19H17N5O2. The Morgan fingerprint density at radius 3 is 2.54 bits per heavy atom. The predicted octanol–water partition coefficient (Wildman–Crippen LogP) is 1.84. The molecule has 0 spiro atoms. The number of benzene rings is 2. The van der Waals surface area contributed by atoms with Crippen LogP contribution in [0.1, 0.15) is 28.7 Å². The molecule has 0 fully saturated rings. The summed E-state index contributed by atoms with van der Waals surface area (Å²) < 4.78 is 0. The van der Waals surface area contributed by atoms with Gasteiger partial charge in [-0.1, -0.05) is 48.5 Å². The zero-order valence-corrected chi connectivity index (χ0v) is 14.5. The number of para-hydroxylation sites is 1. The number of tetrazole rings is 1. The summed E-state index contributed by atoms with van der Waals surface area (Å²) in [5.41, 5.74) is 1.49. The van der Waals surface area contributed by atoms with Crippen molar-refractivity contribution in [1.82, 2.24) is 20.2 Å². The van der Waals surface area contributed by atoms with Crippen LogP contribution in [0.4, 0.5) is 5.69 Å². The first-order chi connectivity index (χ1) is 12.5. The van der Waals surface area contributed by atoms with Gasteiger partial charge in [0, 0.05) is 18.3 Å². The van der Waals surface area contributed by atoms with E-state index in [0.29, 0.717) is 5.56 Å². The number of hydrogen-bond acceptors (Lipinski definition) is 5. The molecule has 0 aliphatic carbocycles. The van der Waals surface area contributed by atoms with Crippen LogP contribution < -0.4 is 4.90 Å². The second kappa shape index (κ2) is 5.87. The summed E-state index contributed by atoms with van der Waals surface area (Å²) in [4.78, 5) is 28.2. The molecule has 0 bridgehead atoms. The summed E-state index contributed by atoms with van der Waals surface area (Å²) in [5, 5.41) is 12.1. The first kappa shape index (κ1) is 16.1. The van der Waals surface area contributed by atoms with Gasteiger partial charge in [-0.3, -0.25) is 9.59 Å². The van der Waals surface area contributed by atoms with Gasteiger partial charge in [-0.05, 0) is 23.8 Å². The highest BCUT2D eigenvalue weighted by atomic mass is 16.2. The fourth-order valence-corrected chi connectivity index (χ4v) is 3.38. The predicted molar refractivity (Wildman–Crippen MR) is 94.9 cm³/mol. The van der Waals surface area contributed by atoms with Crippen LogP contribution in [0.25, 0.3) is 0 Å². The van der Waals surface area contributed by atoms with Gasteiger partial charge in [0.1, 0.15) is 0 Å². The molecular weight excluding hydrogens is 330 g/mol. The van der Waals surface area contributed by atoms with Gasteiger partial charge in [-0.2, -0.15) is 4.80 Å². The Morgan fingerprint density at radius 1 is 1.08 bits per heavy atom. The van der Waals surface area contributed by atoms with Crippen molar-refractivity contribution in [1.29, 1.82) is 0 Å². The second-order valence-corrected chi connectivity index (χ2v) is 6.55. The molecule has 0 radical (unpaired) electrons. The quantitative estimate of drug-likeness (QED) is 0.673. The van der Waals surface area contributed by atoms with Crippen molar-refractivity contribution in [3.63, 3.8) is 0 Å². The van der Waals surface area contributed by atoms with Crippen LogP contribution in [-0.4, -0.2) is 38.9 Å². The topological polar surface area (TPSA) is 81.0 Å². The molecule has 7 heteroatoms. The van der Waals surface area contributed by atoms with Crippen molar-refractivity contribution < 1.29 is 9.59 Å². The second-order valence-electron chi connectivity index (χ2n) is 6.55. The average molecular weight is 347 g/mol. The first-order valence-electron chi connectivity index (χ1n) is 8.26. The maximum atomic E-state index is 12.8. The maximum absolute atomic E-state index is 12.8. The zero-order valence-electron chi connectivity index (χ0n) is 14.5. The number of amides is 1. The minimum Gasteiger partial charge on any atom is -0.314 e. The standard InChI is InChI=1S/C19H17N5O2/c1-19(14-10-6-7-11-15(14)23(2)18(19)26)12-24-21-17(20-22-24)16(25)13-8-4-3-5-9-13/h3-11H,12H2,1-2H3. The van der Waals surface area contributed by atoms with Crippen molar-refractivity contribution in [2.24, 2.45) is 0 Å². The molecule has 1 aromatic heterocycles. The van der Waals surface area contributed by atoms with Crippen molar-refractivity contribution in [3.05, 3.63) is 71.5 Å². The number of carbonyl (C=O) groups excluding carboxylic acids is 2. The molecule has 0 saturated carbocycles. The van der Waals surface area contributed by atoms with Crippen molar-refractivity contribution in [3.8, 4) is 0 Å². The molecule has 3 aromatic rings. The lowest BCUT2D eigenvalue weighted by molar-refractivity contribution is -0.123. The maximum Gasteiger partial charge on any atom is 0.245 e. The van der Waals surface area contributed by atoms with E-state index in [1.165, 1.54) is 4.80 Å². The Balaban J connectivity index is 1.64. The van der Waals surface area contributed by atoms with Crippen LogP contribution in [0.2, 0.25) is 0 Å². The van der Waals surface area contributed by atoms with Gasteiger partial charge in [-0.15, -0.1) is 10.2 Å². The third kappa shape index (κ3) is 2.40. The van der Waals surface area contributed by atoms with Crippen LogP contribution in [-0.2, 0) is 16.8 Å². The molecule has 26 heavy (non-hydrogen) atoms. The molecule has 2 aromatic carbocycles. The fraction of sp³-hybridized carbons (Fsp3) is 0.211. The Morgan fingerprint density at radius 2 is 1.77 bits per heavy atom. The fourth-order valence-electron chi connectivity index (χ4n) is 3.38. The highest BCUT2D eigenvalue weighted by Gasteiger charge is 2.46. The van der Waals surface area contributed by atoms with Gasteiger partial charge < -0.3 is 4.90 Å². The molecule has 1 aliphatic heterocycles. The van der Waals surface area contributed by atoms with E-state index in [2.05, 4.69) is 15.4 Å². The van der Waals surface area contributed by atoms with E-state index in [1.54, 1.807) is 36.2 Å². The number of nitrogens with zero attached hydrogens (tertiary/aromatic N) is 5. The Labute approximate surface area is 150 Å². The van der Waals surface area contributed by atoms with Crippen LogP contribution in [0, 0.1) is 0 Å². The molecule has 1 unspecified atom stereocenters. The normalized spacial score (nSPS) is 18.8. The third-order valence-corrected chi connectivity index (χ3v) is 4.79. The summed E-state index contributed by atoms with van der Waals surface area (Å²) in [6.07, 6.45) is 0.